The molecule has 0 unspecified atom stereocenters. The Bertz CT molecular complexity index is 1350. The monoisotopic (exact) mass is 537 g/mol. The van der Waals surface area contributed by atoms with E-state index in [1.54, 1.807) is 81.1 Å². The van der Waals surface area contributed by atoms with Crippen LogP contribution in [0.3, 0.4) is 0 Å². The first-order valence-corrected chi connectivity index (χ1v) is 11.3. The number of fused-ring (bicyclic) bond motifs is 1. The molecule has 0 fully saturated rings. The number of benzene rings is 3. The van der Waals surface area contributed by atoms with Crippen molar-refractivity contribution < 1.29 is 19.0 Å². The summed E-state index contributed by atoms with van der Waals surface area (Å²) in [5.41, 5.74) is 1.94. The van der Waals surface area contributed by atoms with E-state index in [0.29, 0.717) is 34.2 Å². The number of carbonyl (C=O) groups excluding carboxylic acids is 1. The summed E-state index contributed by atoms with van der Waals surface area (Å²) in [5.74, 6) is 2.15. The normalized spacial score (nSPS) is 10.4. The summed E-state index contributed by atoms with van der Waals surface area (Å²) in [6.45, 7) is 0. The van der Waals surface area contributed by atoms with Gasteiger partial charge in [0, 0.05) is 33.4 Å². The van der Waals surface area contributed by atoms with Crippen LogP contribution in [0.25, 0.3) is 10.9 Å². The van der Waals surface area contributed by atoms with E-state index in [0.717, 1.165) is 15.4 Å². The van der Waals surface area contributed by atoms with Gasteiger partial charge in [0.2, 0.25) is 0 Å². The highest BCUT2D eigenvalue weighted by molar-refractivity contribution is 9.10. The van der Waals surface area contributed by atoms with Crippen LogP contribution in [0.2, 0.25) is 0 Å². The largest absolute Gasteiger partial charge is 0.493 e. The summed E-state index contributed by atoms with van der Waals surface area (Å²) in [6, 6.07) is 19.6. The topological polar surface area (TPSA) is 81.7 Å². The molecule has 3 aromatic carbocycles. The lowest BCUT2D eigenvalue weighted by Crippen LogP contribution is -2.34. The first-order valence-electron chi connectivity index (χ1n) is 10.1. The quantitative estimate of drug-likeness (QED) is 0.295. The van der Waals surface area contributed by atoms with Crippen LogP contribution in [0.1, 0.15) is 10.4 Å². The molecule has 0 bridgehead atoms. The minimum atomic E-state index is -0.290. The second-order valence-corrected chi connectivity index (χ2v) is 8.40. The van der Waals surface area contributed by atoms with Crippen LogP contribution in [0, 0.1) is 0 Å². The highest BCUT2D eigenvalue weighted by Gasteiger charge is 2.12. The lowest BCUT2D eigenvalue weighted by Gasteiger charge is -2.13. The van der Waals surface area contributed by atoms with Crippen molar-refractivity contribution in [3.05, 3.63) is 83.0 Å². The number of halogens is 1. The number of anilines is 1. The van der Waals surface area contributed by atoms with E-state index in [-0.39, 0.29) is 11.0 Å². The van der Waals surface area contributed by atoms with Crippen molar-refractivity contribution >= 4 is 55.8 Å². The van der Waals surface area contributed by atoms with Gasteiger partial charge in [-0.1, -0.05) is 15.9 Å². The fraction of sp³-hybridized carbons (Fsp3) is 0.0800. The van der Waals surface area contributed by atoms with Crippen molar-refractivity contribution in [1.29, 1.82) is 0 Å². The van der Waals surface area contributed by atoms with Gasteiger partial charge in [0.05, 0.1) is 19.7 Å². The SMILES string of the molecule is COc1cc2nccc(Oc3ccc(NC(=S)NC(=O)c4ccc(Br)cc4)cc3)c2cc1OC. The van der Waals surface area contributed by atoms with Crippen LogP contribution >= 0.6 is 28.1 Å². The number of ether oxygens (including phenoxy) is 3. The fourth-order valence-electron chi connectivity index (χ4n) is 3.21. The van der Waals surface area contributed by atoms with Gasteiger partial charge in [-0.15, -0.1) is 0 Å². The number of nitrogens with zero attached hydrogens (tertiary/aromatic N) is 1. The van der Waals surface area contributed by atoms with Gasteiger partial charge < -0.3 is 19.5 Å². The lowest BCUT2D eigenvalue weighted by molar-refractivity contribution is 0.0977. The predicted octanol–water partition coefficient (Wildman–Crippen LogP) is 5.93. The molecular weight excluding hydrogens is 518 g/mol. The molecule has 34 heavy (non-hydrogen) atoms. The van der Waals surface area contributed by atoms with E-state index >= 15 is 0 Å². The third-order valence-electron chi connectivity index (χ3n) is 4.88. The average Bonchev–Trinajstić information content (AvgIpc) is 2.84. The Kier molecular flexibility index (Phi) is 7.24. The Morgan fingerprint density at radius 2 is 1.59 bits per heavy atom. The van der Waals surface area contributed by atoms with E-state index in [9.17, 15) is 4.79 Å². The number of thiocarbonyl (C=S) groups is 1. The van der Waals surface area contributed by atoms with Crippen LogP contribution in [0.4, 0.5) is 5.69 Å². The molecule has 172 valence electrons. The number of amides is 1. The molecule has 0 aliphatic carbocycles. The number of aromatic nitrogens is 1. The standard InChI is InChI=1S/C25H20BrN3O4S/c1-31-22-13-19-20(14-23(22)32-2)27-12-11-21(19)33-18-9-7-17(8-10-18)28-25(34)29-24(30)15-3-5-16(26)6-4-15/h3-14H,1-2H3,(H2,28,29,30,34). The molecule has 0 spiro atoms. The van der Waals surface area contributed by atoms with Crippen LogP contribution in [-0.2, 0) is 0 Å². The van der Waals surface area contributed by atoms with Crippen molar-refractivity contribution in [1.82, 2.24) is 10.3 Å². The van der Waals surface area contributed by atoms with E-state index in [1.165, 1.54) is 0 Å². The zero-order valence-corrected chi connectivity index (χ0v) is 20.7. The molecule has 4 rings (SSSR count). The molecule has 2 N–H and O–H groups in total. The number of hydrogen-bond acceptors (Lipinski definition) is 6. The van der Waals surface area contributed by atoms with E-state index < -0.39 is 0 Å². The van der Waals surface area contributed by atoms with Gasteiger partial charge in [-0.3, -0.25) is 15.1 Å². The molecule has 1 aromatic heterocycles. The van der Waals surface area contributed by atoms with Crippen molar-refractivity contribution in [2.24, 2.45) is 0 Å². The molecule has 1 amide bonds. The first kappa shape index (κ1) is 23.5. The van der Waals surface area contributed by atoms with Crippen LogP contribution < -0.4 is 24.8 Å². The average molecular weight is 538 g/mol. The molecule has 7 nitrogen and oxygen atoms in total. The van der Waals surface area contributed by atoms with Crippen molar-refractivity contribution in [3.8, 4) is 23.0 Å². The number of methoxy groups -OCH3 is 2. The molecule has 0 radical (unpaired) electrons. The van der Waals surface area contributed by atoms with Gasteiger partial charge in [-0.05, 0) is 72.9 Å². The fourth-order valence-corrected chi connectivity index (χ4v) is 3.68. The molecule has 0 saturated heterocycles. The predicted molar refractivity (Wildman–Crippen MR) is 139 cm³/mol. The van der Waals surface area contributed by atoms with Crippen molar-refractivity contribution in [2.45, 2.75) is 0 Å². The Labute approximate surface area is 210 Å². The van der Waals surface area contributed by atoms with Gasteiger partial charge in [-0.2, -0.15) is 0 Å². The maximum atomic E-state index is 12.3. The minimum absolute atomic E-state index is 0.197. The molecule has 0 aliphatic heterocycles. The minimum Gasteiger partial charge on any atom is -0.493 e. The smallest absolute Gasteiger partial charge is 0.257 e. The van der Waals surface area contributed by atoms with E-state index in [2.05, 4.69) is 31.5 Å². The summed E-state index contributed by atoms with van der Waals surface area (Å²) < 4.78 is 17.7. The molecule has 0 atom stereocenters. The zero-order valence-electron chi connectivity index (χ0n) is 18.3. The third-order valence-corrected chi connectivity index (χ3v) is 5.61. The Balaban J connectivity index is 1.44. The van der Waals surface area contributed by atoms with Gasteiger partial charge in [-0.25, -0.2) is 0 Å². The number of rotatable bonds is 6. The Morgan fingerprint density at radius 3 is 2.26 bits per heavy atom. The molecule has 4 aromatic rings. The number of nitrogens with one attached hydrogen (secondary N) is 2. The van der Waals surface area contributed by atoms with Gasteiger partial charge >= 0.3 is 0 Å². The lowest BCUT2D eigenvalue weighted by atomic mass is 10.2. The molecular formula is C25H20BrN3O4S. The van der Waals surface area contributed by atoms with E-state index in [1.807, 2.05) is 6.07 Å². The Hall–Kier alpha value is -3.69. The first-order chi connectivity index (χ1) is 16.5. The van der Waals surface area contributed by atoms with Crippen LogP contribution in [0.15, 0.2) is 77.4 Å². The molecule has 1 heterocycles. The summed E-state index contributed by atoms with van der Waals surface area (Å²) in [6.07, 6.45) is 1.67. The molecule has 0 aliphatic rings. The van der Waals surface area contributed by atoms with E-state index in [4.69, 9.17) is 26.4 Å². The van der Waals surface area contributed by atoms with Gasteiger partial charge in [0.15, 0.2) is 16.6 Å². The summed E-state index contributed by atoms with van der Waals surface area (Å²) in [7, 11) is 3.16. The third kappa shape index (κ3) is 5.44. The second kappa shape index (κ2) is 10.5. The maximum Gasteiger partial charge on any atom is 0.257 e. The summed E-state index contributed by atoms with van der Waals surface area (Å²) in [4.78, 5) is 16.7. The number of carbonyl (C=O) groups is 1. The van der Waals surface area contributed by atoms with Crippen molar-refractivity contribution in [3.63, 3.8) is 0 Å². The zero-order chi connectivity index (χ0) is 24.1. The highest BCUT2D eigenvalue weighted by Crippen LogP contribution is 2.36. The van der Waals surface area contributed by atoms with Gasteiger partial charge in [0.1, 0.15) is 11.5 Å². The Morgan fingerprint density at radius 1 is 0.912 bits per heavy atom. The number of pyridine rings is 1. The number of hydrogen-bond donors (Lipinski definition) is 2. The van der Waals surface area contributed by atoms with Crippen LogP contribution in [-0.4, -0.2) is 30.2 Å². The highest BCUT2D eigenvalue weighted by atomic mass is 79.9. The molecule has 9 heteroatoms. The van der Waals surface area contributed by atoms with Gasteiger partial charge in [0.25, 0.3) is 5.91 Å². The van der Waals surface area contributed by atoms with Crippen molar-refractivity contribution in [2.75, 3.05) is 19.5 Å². The maximum absolute atomic E-state index is 12.3. The molecule has 0 saturated carbocycles. The van der Waals surface area contributed by atoms with Crippen LogP contribution in [0.5, 0.6) is 23.0 Å². The summed E-state index contributed by atoms with van der Waals surface area (Å²) in [5, 5.41) is 6.65. The summed E-state index contributed by atoms with van der Waals surface area (Å²) >= 11 is 8.61. The second-order valence-electron chi connectivity index (χ2n) is 7.08.